The van der Waals surface area contributed by atoms with Gasteiger partial charge in [0.15, 0.2) is 5.65 Å². The maximum atomic E-state index is 14.5. The van der Waals surface area contributed by atoms with Crippen LogP contribution in [0.2, 0.25) is 0 Å². The van der Waals surface area contributed by atoms with Gasteiger partial charge in [-0.3, -0.25) is 14.8 Å². The van der Waals surface area contributed by atoms with Crippen molar-refractivity contribution in [1.29, 1.82) is 0 Å². The standard InChI is InChI=1S/C27H25FN8O/c1-35(2)6-7-37-20-9-16(8-19(28)11-20)25-21-12-24(32-23(21)4-5-29-25)26-22-10-17(13-30-27(22)34-33-26)18-14-31-36(3)15-18/h4-5,8-15,32H,6-7H2,1-3H3,(H,30,33,34). The zero-order chi connectivity index (χ0) is 25.5. The first-order chi connectivity index (χ1) is 17.9. The number of aromatic nitrogens is 7. The Bertz CT molecular complexity index is 1730. The second-order valence-electron chi connectivity index (χ2n) is 9.23. The first-order valence-electron chi connectivity index (χ1n) is 11.8. The first-order valence-corrected chi connectivity index (χ1v) is 11.8. The van der Waals surface area contributed by atoms with Crippen molar-refractivity contribution < 1.29 is 9.13 Å². The number of ether oxygens (including phenoxy) is 1. The molecule has 5 aromatic heterocycles. The summed E-state index contributed by atoms with van der Waals surface area (Å²) < 4.78 is 22.1. The molecule has 0 aliphatic carbocycles. The van der Waals surface area contributed by atoms with Crippen molar-refractivity contribution in [2.45, 2.75) is 0 Å². The highest BCUT2D eigenvalue weighted by molar-refractivity contribution is 6.00. The van der Waals surface area contributed by atoms with E-state index in [4.69, 9.17) is 4.74 Å². The topological polar surface area (TPSA) is 101 Å². The van der Waals surface area contributed by atoms with E-state index in [-0.39, 0.29) is 5.82 Å². The van der Waals surface area contributed by atoms with Crippen LogP contribution in [0.3, 0.4) is 0 Å². The number of fused-ring (bicyclic) bond motifs is 2. The van der Waals surface area contributed by atoms with E-state index in [2.05, 4.69) is 30.2 Å². The number of rotatable bonds is 7. The molecule has 10 heteroatoms. The van der Waals surface area contributed by atoms with Gasteiger partial charge in [-0.05, 0) is 44.4 Å². The minimum absolute atomic E-state index is 0.375. The van der Waals surface area contributed by atoms with Crippen LogP contribution < -0.4 is 4.74 Å². The van der Waals surface area contributed by atoms with E-state index in [0.717, 1.165) is 45.3 Å². The summed E-state index contributed by atoms with van der Waals surface area (Å²) in [6, 6.07) is 10.6. The first kappa shape index (κ1) is 22.9. The van der Waals surface area contributed by atoms with Gasteiger partial charge in [0.1, 0.15) is 18.2 Å². The number of hydrogen-bond acceptors (Lipinski definition) is 6. The lowest BCUT2D eigenvalue weighted by Gasteiger charge is -2.12. The number of pyridine rings is 2. The van der Waals surface area contributed by atoms with Crippen molar-refractivity contribution in [1.82, 2.24) is 39.8 Å². The van der Waals surface area contributed by atoms with E-state index in [1.165, 1.54) is 12.1 Å². The number of H-pyrrole nitrogens is 2. The lowest BCUT2D eigenvalue weighted by molar-refractivity contribution is 0.260. The van der Waals surface area contributed by atoms with Gasteiger partial charge in [0.2, 0.25) is 0 Å². The van der Waals surface area contributed by atoms with Crippen molar-refractivity contribution in [3.05, 3.63) is 67.0 Å². The molecule has 0 unspecified atom stereocenters. The lowest BCUT2D eigenvalue weighted by atomic mass is 10.1. The van der Waals surface area contributed by atoms with Crippen LogP contribution in [0.15, 0.2) is 61.2 Å². The Morgan fingerprint density at radius 2 is 1.89 bits per heavy atom. The van der Waals surface area contributed by atoms with Crippen molar-refractivity contribution in [3.8, 4) is 39.5 Å². The van der Waals surface area contributed by atoms with E-state index >= 15 is 0 Å². The van der Waals surface area contributed by atoms with Crippen LogP contribution in [-0.4, -0.2) is 67.1 Å². The zero-order valence-corrected chi connectivity index (χ0v) is 20.7. The molecule has 0 spiro atoms. The summed E-state index contributed by atoms with van der Waals surface area (Å²) in [7, 11) is 5.81. The fourth-order valence-electron chi connectivity index (χ4n) is 4.38. The molecular weight excluding hydrogens is 471 g/mol. The highest BCUT2D eigenvalue weighted by Gasteiger charge is 2.16. The van der Waals surface area contributed by atoms with Crippen LogP contribution in [0.5, 0.6) is 5.75 Å². The molecule has 0 atom stereocenters. The number of aromatic amines is 2. The summed E-state index contributed by atoms with van der Waals surface area (Å²) in [4.78, 5) is 14.6. The lowest BCUT2D eigenvalue weighted by Crippen LogP contribution is -2.19. The van der Waals surface area contributed by atoms with Crippen LogP contribution in [0.1, 0.15) is 0 Å². The van der Waals surface area contributed by atoms with Gasteiger partial charge >= 0.3 is 0 Å². The third-order valence-electron chi connectivity index (χ3n) is 6.22. The number of aryl methyl sites for hydroxylation is 1. The normalized spacial score (nSPS) is 11.7. The fourth-order valence-corrected chi connectivity index (χ4v) is 4.38. The number of benzene rings is 1. The quantitative estimate of drug-likeness (QED) is 0.334. The van der Waals surface area contributed by atoms with Crippen LogP contribution in [0.25, 0.3) is 55.7 Å². The molecule has 6 rings (SSSR count). The second-order valence-corrected chi connectivity index (χ2v) is 9.23. The molecule has 0 aliphatic rings. The molecule has 9 nitrogen and oxygen atoms in total. The molecule has 6 aromatic rings. The smallest absolute Gasteiger partial charge is 0.181 e. The molecule has 37 heavy (non-hydrogen) atoms. The molecular formula is C27H25FN8O. The zero-order valence-electron chi connectivity index (χ0n) is 20.7. The fraction of sp³-hybridized carbons (Fsp3) is 0.185. The van der Waals surface area contributed by atoms with Gasteiger partial charge < -0.3 is 14.6 Å². The van der Waals surface area contributed by atoms with Gasteiger partial charge in [0, 0.05) is 71.2 Å². The van der Waals surface area contributed by atoms with Gasteiger partial charge in [-0.1, -0.05) is 0 Å². The monoisotopic (exact) mass is 496 g/mol. The van der Waals surface area contributed by atoms with E-state index in [9.17, 15) is 4.39 Å². The highest BCUT2D eigenvalue weighted by Crippen LogP contribution is 2.35. The minimum atomic E-state index is -0.375. The van der Waals surface area contributed by atoms with Crippen molar-refractivity contribution in [3.63, 3.8) is 0 Å². The van der Waals surface area contributed by atoms with Gasteiger partial charge in [-0.15, -0.1) is 0 Å². The summed E-state index contributed by atoms with van der Waals surface area (Å²) in [5.41, 5.74) is 6.35. The summed E-state index contributed by atoms with van der Waals surface area (Å²) in [5, 5.41) is 13.5. The van der Waals surface area contributed by atoms with Crippen molar-refractivity contribution in [2.75, 3.05) is 27.2 Å². The predicted octanol–water partition coefficient (Wildman–Crippen LogP) is 4.65. The predicted molar refractivity (Wildman–Crippen MR) is 141 cm³/mol. The average molecular weight is 497 g/mol. The summed E-state index contributed by atoms with van der Waals surface area (Å²) in [6.45, 7) is 1.19. The molecule has 0 saturated carbocycles. The molecule has 1 aromatic carbocycles. The minimum Gasteiger partial charge on any atom is -0.492 e. The summed E-state index contributed by atoms with van der Waals surface area (Å²) in [5.74, 6) is 0.0977. The van der Waals surface area contributed by atoms with E-state index in [1.54, 1.807) is 23.3 Å². The number of nitrogens with one attached hydrogen (secondary N) is 2. The van der Waals surface area contributed by atoms with E-state index in [0.29, 0.717) is 29.3 Å². The average Bonchev–Trinajstić information content (AvgIpc) is 3.60. The van der Waals surface area contributed by atoms with Crippen LogP contribution in [0.4, 0.5) is 4.39 Å². The molecule has 0 aliphatic heterocycles. The van der Waals surface area contributed by atoms with Crippen LogP contribution in [0, 0.1) is 5.82 Å². The molecule has 0 saturated heterocycles. The number of halogens is 1. The molecule has 2 N–H and O–H groups in total. The van der Waals surface area contributed by atoms with Crippen molar-refractivity contribution >= 4 is 21.9 Å². The van der Waals surface area contributed by atoms with Gasteiger partial charge in [-0.25, -0.2) is 9.37 Å². The third kappa shape index (κ3) is 4.43. The highest BCUT2D eigenvalue weighted by atomic mass is 19.1. The molecule has 0 radical (unpaired) electrons. The van der Waals surface area contributed by atoms with Crippen molar-refractivity contribution in [2.24, 2.45) is 7.05 Å². The van der Waals surface area contributed by atoms with Gasteiger partial charge in [0.05, 0.1) is 23.3 Å². The Kier molecular flexibility index (Phi) is 5.65. The number of likely N-dealkylation sites (N-methyl/N-ethyl adjacent to an activating group) is 1. The summed E-state index contributed by atoms with van der Waals surface area (Å²) in [6.07, 6.45) is 7.25. The van der Waals surface area contributed by atoms with Gasteiger partial charge in [0.25, 0.3) is 0 Å². The molecule has 0 amide bonds. The Balaban J connectivity index is 1.40. The SMILES string of the molecule is CN(C)CCOc1cc(F)cc(-c2nccc3[nH]c(-c4[nH]nc5ncc(-c6cnn(C)c6)cc45)cc23)c1. The maximum Gasteiger partial charge on any atom is 0.181 e. The Labute approximate surface area is 211 Å². The number of nitrogens with zero attached hydrogens (tertiary/aromatic N) is 6. The molecule has 0 bridgehead atoms. The van der Waals surface area contributed by atoms with Gasteiger partial charge in [-0.2, -0.15) is 10.2 Å². The van der Waals surface area contributed by atoms with E-state index < -0.39 is 0 Å². The maximum absolute atomic E-state index is 14.5. The summed E-state index contributed by atoms with van der Waals surface area (Å²) >= 11 is 0. The third-order valence-corrected chi connectivity index (χ3v) is 6.22. The van der Waals surface area contributed by atoms with E-state index in [1.807, 2.05) is 56.5 Å². The second kappa shape index (κ2) is 9.14. The van der Waals surface area contributed by atoms with Crippen LogP contribution in [-0.2, 0) is 7.05 Å². The number of hydrogen-bond donors (Lipinski definition) is 2. The Hall–Kier alpha value is -4.57. The molecule has 0 fully saturated rings. The van der Waals surface area contributed by atoms with Crippen LogP contribution >= 0.6 is 0 Å². The Morgan fingerprint density at radius 3 is 2.70 bits per heavy atom. The Morgan fingerprint density at radius 1 is 1.00 bits per heavy atom. The molecule has 5 heterocycles. The molecule has 186 valence electrons. The largest absolute Gasteiger partial charge is 0.492 e.